The van der Waals surface area contributed by atoms with Crippen molar-refractivity contribution >= 4 is 39.1 Å². The average Bonchev–Trinajstić information content (AvgIpc) is 2.76. The number of rotatable bonds is 7. The normalized spacial score (nSPS) is 15.0. The lowest BCUT2D eigenvalue weighted by Gasteiger charge is -2.26. The van der Waals surface area contributed by atoms with E-state index < -0.39 is 15.9 Å². The second-order valence-corrected chi connectivity index (χ2v) is 9.36. The first-order valence-corrected chi connectivity index (χ1v) is 11.5. The van der Waals surface area contributed by atoms with Crippen molar-refractivity contribution in [2.24, 2.45) is 0 Å². The molecule has 3 rings (SSSR count). The Hall–Kier alpha value is -1.84. The van der Waals surface area contributed by atoms with Gasteiger partial charge in [-0.05, 0) is 36.2 Å². The highest BCUT2D eigenvalue weighted by molar-refractivity contribution is 7.89. The summed E-state index contributed by atoms with van der Waals surface area (Å²) in [5, 5.41) is 3.32. The third kappa shape index (κ3) is 5.07. The summed E-state index contributed by atoms with van der Waals surface area (Å²) in [5.41, 5.74) is 1.07. The maximum absolute atomic E-state index is 12.7. The summed E-state index contributed by atoms with van der Waals surface area (Å²) in [7, 11) is -2.11. The van der Waals surface area contributed by atoms with Crippen molar-refractivity contribution in [3.8, 4) is 5.75 Å². The summed E-state index contributed by atoms with van der Waals surface area (Å²) in [6, 6.07) is 9.75. The largest absolute Gasteiger partial charge is 0.494 e. The molecule has 30 heavy (non-hydrogen) atoms. The Morgan fingerprint density at radius 3 is 2.37 bits per heavy atom. The number of morpholine rings is 1. The topological polar surface area (TPSA) is 84.9 Å². The highest BCUT2D eigenvalue weighted by Gasteiger charge is 2.26. The summed E-state index contributed by atoms with van der Waals surface area (Å²) >= 11 is 12.2. The first-order chi connectivity index (χ1) is 14.3. The van der Waals surface area contributed by atoms with Gasteiger partial charge in [-0.1, -0.05) is 35.3 Å². The van der Waals surface area contributed by atoms with Crippen LogP contribution in [0.1, 0.15) is 15.9 Å². The standard InChI is InChI=1S/C20H22Cl2N2O5S/c1-28-19-17(22)7-6-16(21)18(19)20(25)23-9-8-14-2-4-15(5-3-14)30(26,27)24-10-12-29-13-11-24/h2-7H,8-13H2,1H3,(H,23,25). The molecule has 2 aromatic carbocycles. The van der Waals surface area contributed by atoms with Gasteiger partial charge in [-0.2, -0.15) is 4.31 Å². The molecule has 1 saturated heterocycles. The van der Waals surface area contributed by atoms with Crippen molar-refractivity contribution in [3.05, 3.63) is 57.6 Å². The van der Waals surface area contributed by atoms with Crippen LogP contribution in [0.15, 0.2) is 41.3 Å². The van der Waals surface area contributed by atoms with Crippen LogP contribution in [0.3, 0.4) is 0 Å². The van der Waals surface area contributed by atoms with Gasteiger partial charge < -0.3 is 14.8 Å². The van der Waals surface area contributed by atoms with Gasteiger partial charge in [0.25, 0.3) is 5.91 Å². The summed E-state index contributed by atoms with van der Waals surface area (Å²) in [6.45, 7) is 1.84. The number of benzene rings is 2. The van der Waals surface area contributed by atoms with Crippen LogP contribution in [0.25, 0.3) is 0 Å². The molecule has 0 aliphatic carbocycles. The lowest BCUT2D eigenvalue weighted by atomic mass is 10.1. The number of nitrogens with one attached hydrogen (secondary N) is 1. The molecule has 0 spiro atoms. The third-order valence-electron chi connectivity index (χ3n) is 4.72. The summed E-state index contributed by atoms with van der Waals surface area (Å²) in [6.07, 6.45) is 0.518. The Kier molecular flexibility index (Phi) is 7.60. The van der Waals surface area contributed by atoms with Crippen molar-refractivity contribution in [2.75, 3.05) is 40.0 Å². The first-order valence-electron chi connectivity index (χ1n) is 9.31. The molecular formula is C20H22Cl2N2O5S. The van der Waals surface area contributed by atoms with E-state index in [4.69, 9.17) is 32.7 Å². The monoisotopic (exact) mass is 472 g/mol. The van der Waals surface area contributed by atoms with E-state index in [2.05, 4.69) is 5.32 Å². The van der Waals surface area contributed by atoms with Gasteiger partial charge in [0.15, 0.2) is 5.75 Å². The Morgan fingerprint density at radius 2 is 1.73 bits per heavy atom. The Morgan fingerprint density at radius 1 is 1.10 bits per heavy atom. The predicted molar refractivity (Wildman–Crippen MR) is 115 cm³/mol. The fourth-order valence-electron chi connectivity index (χ4n) is 3.12. The SMILES string of the molecule is COc1c(Cl)ccc(Cl)c1C(=O)NCCc1ccc(S(=O)(=O)N2CCOCC2)cc1. The summed E-state index contributed by atoms with van der Waals surface area (Å²) in [5.74, 6) is -0.176. The number of ether oxygens (including phenoxy) is 2. The highest BCUT2D eigenvalue weighted by Crippen LogP contribution is 2.33. The van der Waals surface area contributed by atoms with Crippen LogP contribution in [-0.2, 0) is 21.2 Å². The van der Waals surface area contributed by atoms with Crippen LogP contribution in [0, 0.1) is 0 Å². The predicted octanol–water partition coefficient (Wildman–Crippen LogP) is 3.00. The Balaban J connectivity index is 1.61. The zero-order valence-corrected chi connectivity index (χ0v) is 18.7. The molecule has 0 aromatic heterocycles. The van der Waals surface area contributed by atoms with Crippen molar-refractivity contribution < 1.29 is 22.7 Å². The molecule has 10 heteroatoms. The van der Waals surface area contributed by atoms with E-state index in [1.807, 2.05) is 0 Å². The van der Waals surface area contributed by atoms with Crippen molar-refractivity contribution in [2.45, 2.75) is 11.3 Å². The minimum Gasteiger partial charge on any atom is -0.494 e. The number of sulfonamides is 1. The molecule has 1 aliphatic rings. The van der Waals surface area contributed by atoms with E-state index in [0.717, 1.165) is 5.56 Å². The van der Waals surface area contributed by atoms with Crippen LogP contribution >= 0.6 is 23.2 Å². The number of carbonyl (C=O) groups excluding carboxylic acids is 1. The third-order valence-corrected chi connectivity index (χ3v) is 7.25. The molecule has 0 saturated carbocycles. The van der Waals surface area contributed by atoms with E-state index in [0.29, 0.717) is 44.3 Å². The van der Waals surface area contributed by atoms with Crippen LogP contribution in [0.2, 0.25) is 10.0 Å². The van der Waals surface area contributed by atoms with Crippen molar-refractivity contribution in [1.82, 2.24) is 9.62 Å². The highest BCUT2D eigenvalue weighted by atomic mass is 35.5. The Bertz CT molecular complexity index is 1010. The van der Waals surface area contributed by atoms with Gasteiger partial charge in [0.2, 0.25) is 10.0 Å². The number of nitrogens with zero attached hydrogens (tertiary/aromatic N) is 1. The molecule has 0 atom stereocenters. The van der Waals surface area contributed by atoms with Gasteiger partial charge in [-0.25, -0.2) is 8.42 Å². The average molecular weight is 473 g/mol. The minimum absolute atomic E-state index is 0.179. The molecular weight excluding hydrogens is 451 g/mol. The quantitative estimate of drug-likeness (QED) is 0.669. The molecule has 2 aromatic rings. The first kappa shape index (κ1) is 22.8. The zero-order chi connectivity index (χ0) is 21.7. The van der Waals surface area contributed by atoms with Crippen molar-refractivity contribution in [3.63, 3.8) is 0 Å². The molecule has 1 fully saturated rings. The van der Waals surface area contributed by atoms with E-state index >= 15 is 0 Å². The number of carbonyl (C=O) groups is 1. The second kappa shape index (κ2) is 9.98. The van der Waals surface area contributed by atoms with Crippen LogP contribution in [-0.4, -0.2) is 58.6 Å². The fourth-order valence-corrected chi connectivity index (χ4v) is 4.99. The zero-order valence-electron chi connectivity index (χ0n) is 16.4. The van der Waals surface area contributed by atoms with E-state index in [-0.39, 0.29) is 21.2 Å². The van der Waals surface area contributed by atoms with Gasteiger partial charge in [-0.3, -0.25) is 4.79 Å². The maximum Gasteiger partial charge on any atom is 0.256 e. The Labute approximate surface area is 185 Å². The molecule has 1 heterocycles. The molecule has 1 aliphatic heterocycles. The number of amides is 1. The number of halogens is 2. The fraction of sp³-hybridized carbons (Fsp3) is 0.350. The minimum atomic E-state index is -3.52. The molecule has 0 unspecified atom stereocenters. The van der Waals surface area contributed by atoms with Gasteiger partial charge >= 0.3 is 0 Å². The van der Waals surface area contributed by atoms with Crippen LogP contribution in [0.5, 0.6) is 5.75 Å². The van der Waals surface area contributed by atoms with Crippen molar-refractivity contribution in [1.29, 1.82) is 0 Å². The maximum atomic E-state index is 12.7. The smallest absolute Gasteiger partial charge is 0.256 e. The molecule has 1 N–H and O–H groups in total. The van der Waals surface area contributed by atoms with Gasteiger partial charge in [0.1, 0.15) is 5.56 Å². The molecule has 1 amide bonds. The lowest BCUT2D eigenvalue weighted by molar-refractivity contribution is 0.0730. The molecule has 7 nitrogen and oxygen atoms in total. The van der Waals surface area contributed by atoms with Crippen LogP contribution < -0.4 is 10.1 Å². The molecule has 0 radical (unpaired) electrons. The van der Waals surface area contributed by atoms with Gasteiger partial charge in [0.05, 0.1) is 35.3 Å². The van der Waals surface area contributed by atoms with Crippen LogP contribution in [0.4, 0.5) is 0 Å². The number of hydrogen-bond donors (Lipinski definition) is 1. The summed E-state index contributed by atoms with van der Waals surface area (Å²) in [4.78, 5) is 12.8. The van der Waals surface area contributed by atoms with Gasteiger partial charge in [-0.15, -0.1) is 0 Å². The molecule has 162 valence electrons. The second-order valence-electron chi connectivity index (χ2n) is 6.60. The summed E-state index contributed by atoms with van der Waals surface area (Å²) < 4.78 is 37.1. The number of hydrogen-bond acceptors (Lipinski definition) is 5. The molecule has 0 bridgehead atoms. The van der Waals surface area contributed by atoms with E-state index in [1.165, 1.54) is 17.5 Å². The van der Waals surface area contributed by atoms with E-state index in [9.17, 15) is 13.2 Å². The number of methoxy groups -OCH3 is 1. The lowest BCUT2D eigenvalue weighted by Crippen LogP contribution is -2.40. The van der Waals surface area contributed by atoms with Gasteiger partial charge in [0, 0.05) is 19.6 Å². The van der Waals surface area contributed by atoms with E-state index in [1.54, 1.807) is 30.3 Å².